The summed E-state index contributed by atoms with van der Waals surface area (Å²) < 4.78 is 0. The van der Waals surface area contributed by atoms with Gasteiger partial charge in [-0.3, -0.25) is 4.99 Å². The number of allylic oxidation sites excluding steroid dienone is 3. The molecule has 0 saturated heterocycles. The fourth-order valence-electron chi connectivity index (χ4n) is 4.29. The molecule has 3 aromatic carbocycles. The second kappa shape index (κ2) is 8.87. The Labute approximate surface area is 174 Å². The molecule has 144 valence electrons. The van der Waals surface area contributed by atoms with Crippen LogP contribution in [-0.2, 0) is 0 Å². The number of aliphatic imine (C=N–C) groups is 1. The smallest absolute Gasteiger partial charge is 0.0482 e. The van der Waals surface area contributed by atoms with E-state index in [1.54, 1.807) is 0 Å². The van der Waals surface area contributed by atoms with Gasteiger partial charge in [-0.15, -0.1) is 0 Å². The zero-order valence-corrected chi connectivity index (χ0v) is 17.2. The van der Waals surface area contributed by atoms with E-state index in [4.69, 9.17) is 4.99 Å². The van der Waals surface area contributed by atoms with E-state index in [9.17, 15) is 0 Å². The predicted octanol–water partition coefficient (Wildman–Crippen LogP) is 7.54. The van der Waals surface area contributed by atoms with Gasteiger partial charge < -0.3 is 0 Å². The van der Waals surface area contributed by atoms with Gasteiger partial charge in [0, 0.05) is 23.4 Å². The first kappa shape index (κ1) is 19.1. The van der Waals surface area contributed by atoms with Crippen LogP contribution in [0.1, 0.15) is 49.3 Å². The van der Waals surface area contributed by atoms with Crippen molar-refractivity contribution in [1.29, 1.82) is 0 Å². The highest BCUT2D eigenvalue weighted by molar-refractivity contribution is 6.07. The maximum absolute atomic E-state index is 5.04. The minimum Gasteiger partial charge on any atom is -0.264 e. The van der Waals surface area contributed by atoms with Crippen LogP contribution < -0.4 is 0 Å². The molecule has 1 heterocycles. The van der Waals surface area contributed by atoms with E-state index >= 15 is 0 Å². The predicted molar refractivity (Wildman–Crippen MR) is 125 cm³/mol. The van der Waals surface area contributed by atoms with Crippen LogP contribution in [-0.4, -0.2) is 5.71 Å². The molecule has 0 N–H and O–H groups in total. The summed E-state index contributed by atoms with van der Waals surface area (Å²) >= 11 is 0. The lowest BCUT2D eigenvalue weighted by atomic mass is 9.78. The molecule has 1 aliphatic heterocycles. The Bertz CT molecular complexity index is 1040. The van der Waals surface area contributed by atoms with Gasteiger partial charge in [-0.05, 0) is 40.7 Å². The van der Waals surface area contributed by atoms with Gasteiger partial charge in [0.1, 0.15) is 0 Å². The zero-order valence-electron chi connectivity index (χ0n) is 17.2. The van der Waals surface area contributed by atoms with Gasteiger partial charge in [0.2, 0.25) is 0 Å². The number of nitrogens with zero attached hydrogens (tertiary/aromatic N) is 1. The highest BCUT2D eigenvalue weighted by Crippen LogP contribution is 2.43. The molecular formula is C28H27N. The molecule has 1 nitrogen and oxygen atoms in total. The molecule has 29 heavy (non-hydrogen) atoms. The summed E-state index contributed by atoms with van der Waals surface area (Å²) in [4.78, 5) is 5.04. The van der Waals surface area contributed by atoms with Crippen molar-refractivity contribution in [3.63, 3.8) is 0 Å². The summed E-state index contributed by atoms with van der Waals surface area (Å²) in [5, 5.41) is 0. The van der Waals surface area contributed by atoms with Crippen LogP contribution in [0.5, 0.6) is 0 Å². The maximum atomic E-state index is 5.04. The number of rotatable bonds is 5. The summed E-state index contributed by atoms with van der Waals surface area (Å²) in [5.41, 5.74) is 9.02. The second-order valence-corrected chi connectivity index (χ2v) is 7.34. The lowest BCUT2D eigenvalue weighted by Gasteiger charge is -2.25. The van der Waals surface area contributed by atoms with Crippen LogP contribution in [0.3, 0.4) is 0 Å². The van der Waals surface area contributed by atoms with Gasteiger partial charge in [0.25, 0.3) is 0 Å². The van der Waals surface area contributed by atoms with Crippen molar-refractivity contribution in [2.45, 2.75) is 32.6 Å². The van der Waals surface area contributed by atoms with Crippen molar-refractivity contribution in [3.8, 4) is 0 Å². The third-order valence-corrected chi connectivity index (χ3v) is 5.65. The average molecular weight is 378 g/mol. The Morgan fingerprint density at radius 1 is 0.655 bits per heavy atom. The number of benzene rings is 3. The first-order chi connectivity index (χ1) is 14.3. The van der Waals surface area contributed by atoms with Crippen molar-refractivity contribution >= 4 is 16.9 Å². The van der Waals surface area contributed by atoms with Gasteiger partial charge >= 0.3 is 0 Å². The monoisotopic (exact) mass is 377 g/mol. The average Bonchev–Trinajstić information content (AvgIpc) is 2.97. The SMILES string of the molecule is CCC1=NC=C(c2ccccc2)C(CC)=C(c2ccccc2)C1c1ccccc1. The molecule has 3 aromatic rings. The maximum Gasteiger partial charge on any atom is 0.0482 e. The van der Waals surface area contributed by atoms with E-state index in [1.165, 1.54) is 39.1 Å². The molecule has 0 saturated carbocycles. The van der Waals surface area contributed by atoms with Crippen molar-refractivity contribution in [3.05, 3.63) is 119 Å². The van der Waals surface area contributed by atoms with E-state index in [-0.39, 0.29) is 5.92 Å². The fourth-order valence-corrected chi connectivity index (χ4v) is 4.29. The number of hydrogen-bond donors (Lipinski definition) is 0. The molecule has 4 rings (SSSR count). The second-order valence-electron chi connectivity index (χ2n) is 7.34. The summed E-state index contributed by atoms with van der Waals surface area (Å²) in [6.45, 7) is 4.47. The molecule has 0 amide bonds. The van der Waals surface area contributed by atoms with Crippen molar-refractivity contribution in [2.75, 3.05) is 0 Å². The number of hydrogen-bond acceptors (Lipinski definition) is 1. The summed E-state index contributed by atoms with van der Waals surface area (Å²) in [6, 6.07) is 32.3. The molecule has 0 radical (unpaired) electrons. The molecule has 1 atom stereocenters. The molecule has 1 heteroatoms. The van der Waals surface area contributed by atoms with Crippen LogP contribution in [0, 0.1) is 0 Å². The largest absolute Gasteiger partial charge is 0.264 e. The standard InChI is InChI=1S/C28H27N/c1-3-24-25(21-14-8-5-9-15-21)20-29-26(4-2)28(23-18-12-7-13-19-23)27(24)22-16-10-6-11-17-22/h5-20,28H,3-4H2,1-2H3. The van der Waals surface area contributed by atoms with Gasteiger partial charge in [0.05, 0.1) is 0 Å². The van der Waals surface area contributed by atoms with Gasteiger partial charge in [-0.2, -0.15) is 0 Å². The quantitative estimate of drug-likeness (QED) is 0.435. The zero-order chi connectivity index (χ0) is 20.1. The highest BCUT2D eigenvalue weighted by Gasteiger charge is 2.28. The molecular weight excluding hydrogens is 350 g/mol. The first-order valence-electron chi connectivity index (χ1n) is 10.5. The van der Waals surface area contributed by atoms with Crippen molar-refractivity contribution in [1.82, 2.24) is 0 Å². The van der Waals surface area contributed by atoms with Crippen molar-refractivity contribution in [2.24, 2.45) is 4.99 Å². The van der Waals surface area contributed by atoms with Crippen LogP contribution in [0.2, 0.25) is 0 Å². The van der Waals surface area contributed by atoms with E-state index in [0.717, 1.165) is 12.8 Å². The van der Waals surface area contributed by atoms with E-state index < -0.39 is 0 Å². The van der Waals surface area contributed by atoms with E-state index in [0.29, 0.717) is 0 Å². The van der Waals surface area contributed by atoms with Crippen LogP contribution in [0.15, 0.2) is 108 Å². The Kier molecular flexibility index (Phi) is 5.86. The summed E-state index contributed by atoms with van der Waals surface area (Å²) in [7, 11) is 0. The Balaban J connectivity index is 2.03. The lowest BCUT2D eigenvalue weighted by Crippen LogP contribution is -2.15. The molecule has 0 aliphatic carbocycles. The molecule has 0 spiro atoms. The topological polar surface area (TPSA) is 12.4 Å². The summed E-state index contributed by atoms with van der Waals surface area (Å²) in [6.07, 6.45) is 3.98. The van der Waals surface area contributed by atoms with Crippen LogP contribution in [0.25, 0.3) is 11.1 Å². The molecule has 0 fully saturated rings. The summed E-state index contributed by atoms with van der Waals surface area (Å²) in [5.74, 6) is 0.163. The van der Waals surface area contributed by atoms with E-state index in [1.807, 2.05) is 0 Å². The Hall–Kier alpha value is -3.19. The normalized spacial score (nSPS) is 16.8. The minimum atomic E-state index is 0.163. The first-order valence-corrected chi connectivity index (χ1v) is 10.5. The minimum absolute atomic E-state index is 0.163. The Morgan fingerprint density at radius 2 is 1.21 bits per heavy atom. The molecule has 1 unspecified atom stereocenters. The lowest BCUT2D eigenvalue weighted by molar-refractivity contribution is 1.06. The molecule has 0 bridgehead atoms. The Morgan fingerprint density at radius 3 is 1.76 bits per heavy atom. The van der Waals surface area contributed by atoms with Gasteiger partial charge in [-0.1, -0.05) is 105 Å². The molecule has 0 aromatic heterocycles. The van der Waals surface area contributed by atoms with Crippen LogP contribution >= 0.6 is 0 Å². The van der Waals surface area contributed by atoms with E-state index in [2.05, 4.69) is 111 Å². The third-order valence-electron chi connectivity index (χ3n) is 5.65. The van der Waals surface area contributed by atoms with Gasteiger partial charge in [0.15, 0.2) is 0 Å². The van der Waals surface area contributed by atoms with Crippen LogP contribution in [0.4, 0.5) is 0 Å². The fraction of sp³-hybridized carbons (Fsp3) is 0.179. The molecule has 1 aliphatic rings. The third kappa shape index (κ3) is 3.86. The van der Waals surface area contributed by atoms with Crippen molar-refractivity contribution < 1.29 is 0 Å². The van der Waals surface area contributed by atoms with Gasteiger partial charge in [-0.25, -0.2) is 0 Å². The highest BCUT2D eigenvalue weighted by atomic mass is 14.7.